The van der Waals surface area contributed by atoms with Gasteiger partial charge < -0.3 is 15.6 Å². The van der Waals surface area contributed by atoms with Crippen molar-refractivity contribution in [3.05, 3.63) is 58.6 Å². The van der Waals surface area contributed by atoms with Crippen molar-refractivity contribution in [2.45, 2.75) is 6.61 Å². The van der Waals surface area contributed by atoms with E-state index in [1.54, 1.807) is 18.2 Å². The molecule has 98 valence electrons. The van der Waals surface area contributed by atoms with Gasteiger partial charge in [-0.3, -0.25) is 0 Å². The van der Waals surface area contributed by atoms with E-state index in [0.29, 0.717) is 5.02 Å². The number of phenols is 1. The highest BCUT2D eigenvalue weighted by Crippen LogP contribution is 2.22. The third-order valence-corrected chi connectivity index (χ3v) is 2.95. The Morgan fingerprint density at radius 3 is 2.68 bits per heavy atom. The predicted octanol–water partition coefficient (Wildman–Crippen LogP) is 2.98. The van der Waals surface area contributed by atoms with Crippen LogP contribution in [0.2, 0.25) is 5.02 Å². The Morgan fingerprint density at radius 1 is 1.26 bits per heavy atom. The standard InChI is InChI=1S/C14H12ClNO3/c15-11-4-2-1-3-10(11)8-19-14(18)9-5-6-12(16)13(17)7-9/h1-7,17H,8,16H2. The Morgan fingerprint density at radius 2 is 2.00 bits per heavy atom. The van der Waals surface area contributed by atoms with Crippen molar-refractivity contribution in [1.82, 2.24) is 0 Å². The van der Waals surface area contributed by atoms with Crippen LogP contribution in [-0.2, 0) is 11.3 Å². The van der Waals surface area contributed by atoms with Crippen molar-refractivity contribution in [2.75, 3.05) is 5.73 Å². The normalized spacial score (nSPS) is 10.2. The minimum Gasteiger partial charge on any atom is -0.506 e. The van der Waals surface area contributed by atoms with Crippen LogP contribution in [0.15, 0.2) is 42.5 Å². The second-order valence-electron chi connectivity index (χ2n) is 3.94. The van der Waals surface area contributed by atoms with E-state index in [1.807, 2.05) is 6.07 Å². The van der Waals surface area contributed by atoms with E-state index in [1.165, 1.54) is 18.2 Å². The first-order valence-corrected chi connectivity index (χ1v) is 5.95. The van der Waals surface area contributed by atoms with Crippen LogP contribution in [0, 0.1) is 0 Å². The summed E-state index contributed by atoms with van der Waals surface area (Å²) in [6.45, 7) is 0.0731. The van der Waals surface area contributed by atoms with E-state index in [2.05, 4.69) is 0 Å². The molecule has 2 rings (SSSR count). The number of rotatable bonds is 3. The number of anilines is 1. The van der Waals surface area contributed by atoms with E-state index < -0.39 is 5.97 Å². The SMILES string of the molecule is Nc1ccc(C(=O)OCc2ccccc2Cl)cc1O. The van der Waals surface area contributed by atoms with Gasteiger partial charge in [-0.2, -0.15) is 0 Å². The van der Waals surface area contributed by atoms with Crippen molar-refractivity contribution in [3.63, 3.8) is 0 Å². The van der Waals surface area contributed by atoms with Crippen molar-refractivity contribution in [2.24, 2.45) is 0 Å². The van der Waals surface area contributed by atoms with Crippen molar-refractivity contribution in [3.8, 4) is 5.75 Å². The number of ether oxygens (including phenoxy) is 1. The highest BCUT2D eigenvalue weighted by atomic mass is 35.5. The first kappa shape index (κ1) is 13.2. The molecule has 2 aromatic carbocycles. The fraction of sp³-hybridized carbons (Fsp3) is 0.0714. The predicted molar refractivity (Wildman–Crippen MR) is 73.1 cm³/mol. The van der Waals surface area contributed by atoms with Crippen LogP contribution >= 0.6 is 11.6 Å². The Hall–Kier alpha value is -2.20. The van der Waals surface area contributed by atoms with Gasteiger partial charge in [0.1, 0.15) is 12.4 Å². The first-order chi connectivity index (χ1) is 9.08. The highest BCUT2D eigenvalue weighted by Gasteiger charge is 2.10. The number of hydrogen-bond donors (Lipinski definition) is 2. The fourth-order valence-electron chi connectivity index (χ4n) is 1.51. The molecule has 5 heteroatoms. The molecule has 2 aromatic rings. The summed E-state index contributed by atoms with van der Waals surface area (Å²) in [5.41, 5.74) is 6.62. The van der Waals surface area contributed by atoms with Crippen molar-refractivity contribution in [1.29, 1.82) is 0 Å². The number of carbonyl (C=O) groups is 1. The number of carbonyl (C=O) groups excluding carboxylic acids is 1. The lowest BCUT2D eigenvalue weighted by Crippen LogP contribution is -2.05. The van der Waals surface area contributed by atoms with Gasteiger partial charge >= 0.3 is 5.97 Å². The van der Waals surface area contributed by atoms with Crippen LogP contribution in [0.1, 0.15) is 15.9 Å². The number of halogens is 1. The second kappa shape index (κ2) is 5.63. The summed E-state index contributed by atoms with van der Waals surface area (Å²) in [5.74, 6) is -0.692. The van der Waals surface area contributed by atoms with Crippen molar-refractivity contribution < 1.29 is 14.6 Å². The third kappa shape index (κ3) is 3.17. The zero-order chi connectivity index (χ0) is 13.8. The molecule has 0 saturated carbocycles. The molecule has 0 aliphatic heterocycles. The molecule has 0 radical (unpaired) electrons. The monoisotopic (exact) mass is 277 g/mol. The summed E-state index contributed by atoms with van der Waals surface area (Å²) in [7, 11) is 0. The lowest BCUT2D eigenvalue weighted by molar-refractivity contribution is 0.0472. The number of phenolic OH excluding ortho intramolecular Hbond substituents is 1. The van der Waals surface area contributed by atoms with Gasteiger partial charge in [-0.05, 0) is 24.3 Å². The number of aromatic hydroxyl groups is 1. The maximum atomic E-state index is 11.8. The zero-order valence-corrected chi connectivity index (χ0v) is 10.7. The Bertz CT molecular complexity index is 613. The van der Waals surface area contributed by atoms with Gasteiger partial charge in [-0.15, -0.1) is 0 Å². The second-order valence-corrected chi connectivity index (χ2v) is 4.35. The number of hydrogen-bond acceptors (Lipinski definition) is 4. The topological polar surface area (TPSA) is 72.6 Å². The third-order valence-electron chi connectivity index (χ3n) is 2.58. The maximum absolute atomic E-state index is 11.8. The van der Waals surface area contributed by atoms with Gasteiger partial charge in [0.05, 0.1) is 11.3 Å². The van der Waals surface area contributed by atoms with Crippen LogP contribution < -0.4 is 5.73 Å². The molecule has 0 spiro atoms. The van der Waals surface area contributed by atoms with Crippen LogP contribution in [0.3, 0.4) is 0 Å². The van der Waals surface area contributed by atoms with Gasteiger partial charge in [-0.1, -0.05) is 29.8 Å². The van der Waals surface area contributed by atoms with E-state index in [-0.39, 0.29) is 23.6 Å². The molecule has 0 aromatic heterocycles. The van der Waals surface area contributed by atoms with E-state index in [0.717, 1.165) is 5.56 Å². The minimum atomic E-state index is -0.546. The molecule has 0 atom stereocenters. The van der Waals surface area contributed by atoms with Crippen LogP contribution in [0.5, 0.6) is 5.75 Å². The van der Waals surface area contributed by atoms with E-state index >= 15 is 0 Å². The molecule has 0 saturated heterocycles. The van der Waals surface area contributed by atoms with Gasteiger partial charge in [0.2, 0.25) is 0 Å². The van der Waals surface area contributed by atoms with Crippen LogP contribution in [0.25, 0.3) is 0 Å². The van der Waals surface area contributed by atoms with E-state index in [4.69, 9.17) is 22.1 Å². The summed E-state index contributed by atoms with van der Waals surface area (Å²) >= 11 is 5.95. The summed E-state index contributed by atoms with van der Waals surface area (Å²) in [5, 5.41) is 9.96. The summed E-state index contributed by atoms with van der Waals surface area (Å²) < 4.78 is 5.11. The minimum absolute atomic E-state index is 0.0731. The Balaban J connectivity index is 2.05. The van der Waals surface area contributed by atoms with Crippen LogP contribution in [0.4, 0.5) is 5.69 Å². The maximum Gasteiger partial charge on any atom is 0.338 e. The molecule has 0 bridgehead atoms. The quantitative estimate of drug-likeness (QED) is 0.514. The van der Waals surface area contributed by atoms with Gasteiger partial charge in [-0.25, -0.2) is 4.79 Å². The van der Waals surface area contributed by atoms with Gasteiger partial charge in [0, 0.05) is 10.6 Å². The molecule has 4 nitrogen and oxygen atoms in total. The molecule has 0 unspecified atom stereocenters. The molecule has 0 heterocycles. The van der Waals surface area contributed by atoms with Crippen LogP contribution in [-0.4, -0.2) is 11.1 Å². The number of nitrogen functional groups attached to an aromatic ring is 1. The molecule has 0 aliphatic rings. The zero-order valence-electron chi connectivity index (χ0n) is 9.97. The molecular weight excluding hydrogens is 266 g/mol. The number of benzene rings is 2. The molecule has 0 fully saturated rings. The number of esters is 1. The molecular formula is C14H12ClNO3. The average Bonchev–Trinajstić information content (AvgIpc) is 2.40. The fourth-order valence-corrected chi connectivity index (χ4v) is 1.70. The smallest absolute Gasteiger partial charge is 0.338 e. The molecule has 0 amide bonds. The lowest BCUT2D eigenvalue weighted by Gasteiger charge is -2.07. The average molecular weight is 278 g/mol. The summed E-state index contributed by atoms with van der Waals surface area (Å²) in [6.07, 6.45) is 0. The summed E-state index contributed by atoms with van der Waals surface area (Å²) in [4.78, 5) is 11.8. The molecule has 0 aliphatic carbocycles. The highest BCUT2D eigenvalue weighted by molar-refractivity contribution is 6.31. The van der Waals surface area contributed by atoms with E-state index in [9.17, 15) is 9.90 Å². The largest absolute Gasteiger partial charge is 0.506 e. The lowest BCUT2D eigenvalue weighted by atomic mass is 10.2. The first-order valence-electron chi connectivity index (χ1n) is 5.57. The van der Waals surface area contributed by atoms with Gasteiger partial charge in [0.25, 0.3) is 0 Å². The molecule has 3 N–H and O–H groups in total. The summed E-state index contributed by atoms with van der Waals surface area (Å²) in [6, 6.07) is 11.3. The Labute approximate surface area is 115 Å². The Kier molecular flexibility index (Phi) is 3.92. The molecule has 19 heavy (non-hydrogen) atoms. The number of nitrogens with two attached hydrogens (primary N) is 1. The van der Waals surface area contributed by atoms with Gasteiger partial charge in [0.15, 0.2) is 0 Å². The van der Waals surface area contributed by atoms with Crippen molar-refractivity contribution >= 4 is 23.3 Å².